The SMILES string of the molecule is CC(C)(C)[C@@]1(O)CCOC1. The van der Waals surface area contributed by atoms with Gasteiger partial charge in [-0.1, -0.05) is 20.8 Å². The fourth-order valence-corrected chi connectivity index (χ4v) is 1.15. The van der Waals surface area contributed by atoms with E-state index in [-0.39, 0.29) is 5.41 Å². The Labute approximate surface area is 62.2 Å². The summed E-state index contributed by atoms with van der Waals surface area (Å²) >= 11 is 0. The van der Waals surface area contributed by atoms with Crippen LogP contribution in [0.25, 0.3) is 0 Å². The summed E-state index contributed by atoms with van der Waals surface area (Å²) in [6.07, 6.45) is 0.774. The fraction of sp³-hybridized carbons (Fsp3) is 1.00. The Hall–Kier alpha value is -0.0800. The van der Waals surface area contributed by atoms with Crippen LogP contribution in [0.4, 0.5) is 0 Å². The molecule has 0 bridgehead atoms. The van der Waals surface area contributed by atoms with Crippen LogP contribution in [0, 0.1) is 5.41 Å². The van der Waals surface area contributed by atoms with E-state index >= 15 is 0 Å². The second-order valence-corrected chi connectivity index (χ2v) is 4.08. The maximum absolute atomic E-state index is 9.90. The van der Waals surface area contributed by atoms with E-state index in [9.17, 15) is 5.11 Å². The first-order chi connectivity index (χ1) is 4.46. The highest BCUT2D eigenvalue weighted by atomic mass is 16.5. The number of rotatable bonds is 0. The molecule has 1 rings (SSSR count). The summed E-state index contributed by atoms with van der Waals surface area (Å²) in [4.78, 5) is 0. The molecular weight excluding hydrogens is 128 g/mol. The monoisotopic (exact) mass is 144 g/mol. The summed E-state index contributed by atoms with van der Waals surface area (Å²) in [7, 11) is 0. The molecule has 0 spiro atoms. The van der Waals surface area contributed by atoms with Crippen molar-refractivity contribution in [2.45, 2.75) is 32.8 Å². The number of hydrogen-bond donors (Lipinski definition) is 1. The molecule has 0 aromatic heterocycles. The minimum Gasteiger partial charge on any atom is -0.387 e. The van der Waals surface area contributed by atoms with E-state index in [1.54, 1.807) is 0 Å². The zero-order chi connectivity index (χ0) is 7.83. The van der Waals surface area contributed by atoms with Crippen molar-refractivity contribution in [1.29, 1.82) is 0 Å². The first-order valence-electron chi connectivity index (χ1n) is 3.76. The largest absolute Gasteiger partial charge is 0.387 e. The number of aliphatic hydroxyl groups is 1. The lowest BCUT2D eigenvalue weighted by molar-refractivity contribution is -0.0604. The van der Waals surface area contributed by atoms with E-state index in [1.165, 1.54) is 0 Å². The Balaban J connectivity index is 2.67. The van der Waals surface area contributed by atoms with Gasteiger partial charge in [-0.25, -0.2) is 0 Å². The summed E-state index contributed by atoms with van der Waals surface area (Å²) in [5.74, 6) is 0. The molecule has 0 aromatic carbocycles. The highest BCUT2D eigenvalue weighted by Gasteiger charge is 2.42. The molecule has 10 heavy (non-hydrogen) atoms. The van der Waals surface area contributed by atoms with Gasteiger partial charge in [0.25, 0.3) is 0 Å². The molecule has 2 nitrogen and oxygen atoms in total. The second-order valence-electron chi connectivity index (χ2n) is 4.08. The van der Waals surface area contributed by atoms with Gasteiger partial charge < -0.3 is 9.84 Å². The minimum atomic E-state index is -0.590. The predicted molar refractivity (Wildman–Crippen MR) is 39.8 cm³/mol. The van der Waals surface area contributed by atoms with Crippen LogP contribution in [0.5, 0.6) is 0 Å². The van der Waals surface area contributed by atoms with Crippen LogP contribution in [-0.4, -0.2) is 23.9 Å². The molecule has 1 atom stereocenters. The average Bonchev–Trinajstić information content (AvgIpc) is 2.13. The lowest BCUT2D eigenvalue weighted by atomic mass is 9.76. The summed E-state index contributed by atoms with van der Waals surface area (Å²) in [5.41, 5.74) is -0.642. The van der Waals surface area contributed by atoms with Crippen LogP contribution in [-0.2, 0) is 4.74 Å². The van der Waals surface area contributed by atoms with Gasteiger partial charge >= 0.3 is 0 Å². The van der Waals surface area contributed by atoms with Crippen LogP contribution in [0.15, 0.2) is 0 Å². The Bertz CT molecular complexity index is 118. The summed E-state index contributed by atoms with van der Waals surface area (Å²) in [6.45, 7) is 7.33. The Morgan fingerprint density at radius 2 is 2.00 bits per heavy atom. The Morgan fingerprint density at radius 3 is 2.20 bits per heavy atom. The molecule has 2 heteroatoms. The molecule has 1 fully saturated rings. The van der Waals surface area contributed by atoms with Crippen LogP contribution >= 0.6 is 0 Å². The Kier molecular flexibility index (Phi) is 1.77. The number of hydrogen-bond acceptors (Lipinski definition) is 2. The van der Waals surface area contributed by atoms with Crippen molar-refractivity contribution < 1.29 is 9.84 Å². The third-order valence-corrected chi connectivity index (χ3v) is 2.40. The topological polar surface area (TPSA) is 29.5 Å². The van der Waals surface area contributed by atoms with E-state index in [4.69, 9.17) is 4.74 Å². The van der Waals surface area contributed by atoms with Gasteiger partial charge in [0.1, 0.15) is 0 Å². The predicted octanol–water partition coefficient (Wildman–Crippen LogP) is 1.18. The van der Waals surface area contributed by atoms with Gasteiger partial charge in [0.05, 0.1) is 12.2 Å². The van der Waals surface area contributed by atoms with Gasteiger partial charge in [0.2, 0.25) is 0 Å². The van der Waals surface area contributed by atoms with Crippen molar-refractivity contribution in [3.63, 3.8) is 0 Å². The second kappa shape index (κ2) is 2.21. The molecule has 1 N–H and O–H groups in total. The minimum absolute atomic E-state index is 0.0521. The summed E-state index contributed by atoms with van der Waals surface area (Å²) in [5, 5.41) is 9.90. The van der Waals surface area contributed by atoms with Crippen molar-refractivity contribution in [2.24, 2.45) is 5.41 Å². The molecule has 0 radical (unpaired) electrons. The Morgan fingerprint density at radius 1 is 1.40 bits per heavy atom. The van der Waals surface area contributed by atoms with Gasteiger partial charge in [-0.3, -0.25) is 0 Å². The molecule has 0 amide bonds. The molecule has 1 saturated heterocycles. The zero-order valence-electron chi connectivity index (χ0n) is 6.98. The van der Waals surface area contributed by atoms with Crippen molar-refractivity contribution in [3.05, 3.63) is 0 Å². The van der Waals surface area contributed by atoms with Crippen molar-refractivity contribution in [1.82, 2.24) is 0 Å². The standard InChI is InChI=1S/C8H16O2/c1-7(2,3)8(9)4-5-10-6-8/h9H,4-6H2,1-3H3/t8-/m1/s1. The van der Waals surface area contributed by atoms with Crippen LogP contribution in [0.3, 0.4) is 0 Å². The normalized spacial score (nSPS) is 34.8. The molecule has 0 aromatic rings. The fourth-order valence-electron chi connectivity index (χ4n) is 1.15. The lowest BCUT2D eigenvalue weighted by Crippen LogP contribution is -2.43. The molecule has 0 saturated carbocycles. The zero-order valence-corrected chi connectivity index (χ0v) is 6.98. The third-order valence-electron chi connectivity index (χ3n) is 2.40. The van der Waals surface area contributed by atoms with Crippen LogP contribution in [0.1, 0.15) is 27.2 Å². The highest BCUT2D eigenvalue weighted by Crippen LogP contribution is 2.36. The van der Waals surface area contributed by atoms with Gasteiger partial charge in [0, 0.05) is 13.0 Å². The first kappa shape index (κ1) is 8.02. The van der Waals surface area contributed by atoms with Gasteiger partial charge in [0.15, 0.2) is 0 Å². The maximum atomic E-state index is 9.90. The summed E-state index contributed by atoms with van der Waals surface area (Å²) < 4.78 is 5.14. The smallest absolute Gasteiger partial charge is 0.0949 e. The molecule has 1 aliphatic heterocycles. The first-order valence-corrected chi connectivity index (χ1v) is 3.76. The van der Waals surface area contributed by atoms with Crippen molar-refractivity contribution in [3.8, 4) is 0 Å². The van der Waals surface area contributed by atoms with Crippen molar-refractivity contribution >= 4 is 0 Å². The van der Waals surface area contributed by atoms with Crippen LogP contribution in [0.2, 0.25) is 0 Å². The van der Waals surface area contributed by atoms with Gasteiger partial charge in [-0.2, -0.15) is 0 Å². The third kappa shape index (κ3) is 1.18. The molecule has 1 heterocycles. The molecular formula is C8H16O2. The van der Waals surface area contributed by atoms with E-state index in [2.05, 4.69) is 0 Å². The quantitative estimate of drug-likeness (QED) is 0.553. The molecule has 60 valence electrons. The van der Waals surface area contributed by atoms with Gasteiger partial charge in [-0.15, -0.1) is 0 Å². The van der Waals surface area contributed by atoms with E-state index < -0.39 is 5.60 Å². The highest BCUT2D eigenvalue weighted by molar-refractivity contribution is 4.93. The van der Waals surface area contributed by atoms with Crippen molar-refractivity contribution in [2.75, 3.05) is 13.2 Å². The molecule has 0 aliphatic carbocycles. The van der Waals surface area contributed by atoms with E-state index in [1.807, 2.05) is 20.8 Å². The number of ether oxygens (including phenoxy) is 1. The summed E-state index contributed by atoms with van der Waals surface area (Å²) in [6, 6.07) is 0. The molecule has 0 unspecified atom stereocenters. The van der Waals surface area contributed by atoms with E-state index in [0.29, 0.717) is 13.2 Å². The maximum Gasteiger partial charge on any atom is 0.0949 e. The average molecular weight is 144 g/mol. The van der Waals surface area contributed by atoms with Gasteiger partial charge in [-0.05, 0) is 5.41 Å². The van der Waals surface area contributed by atoms with Crippen LogP contribution < -0.4 is 0 Å². The molecule has 1 aliphatic rings. The lowest BCUT2D eigenvalue weighted by Gasteiger charge is -2.35. The van der Waals surface area contributed by atoms with E-state index in [0.717, 1.165) is 6.42 Å².